The molecule has 0 radical (unpaired) electrons. The fourth-order valence-electron chi connectivity index (χ4n) is 5.38. The lowest BCUT2D eigenvalue weighted by molar-refractivity contribution is 0.0257. The Morgan fingerprint density at radius 2 is 1.72 bits per heavy atom. The molecule has 2 saturated heterocycles. The zero-order valence-electron chi connectivity index (χ0n) is 21.4. The average molecular weight is 560 g/mol. The van der Waals surface area contributed by atoms with E-state index in [2.05, 4.69) is 14.9 Å². The molecule has 0 aromatic heterocycles. The first-order chi connectivity index (χ1) is 18.5. The van der Waals surface area contributed by atoms with Crippen LogP contribution in [0.4, 0.5) is 31.5 Å². The van der Waals surface area contributed by atoms with Gasteiger partial charge in [0.15, 0.2) is 0 Å². The number of hydrogen-bond acceptors (Lipinski definition) is 7. The van der Waals surface area contributed by atoms with Crippen molar-refractivity contribution in [1.82, 2.24) is 0 Å². The Morgan fingerprint density at radius 1 is 1.00 bits per heavy atom. The monoisotopic (exact) mass is 559 g/mol. The van der Waals surface area contributed by atoms with Crippen molar-refractivity contribution in [1.29, 1.82) is 5.26 Å². The van der Waals surface area contributed by atoms with Crippen LogP contribution < -0.4 is 19.8 Å². The number of nitriles is 1. The molecule has 1 aliphatic carbocycles. The first kappa shape index (κ1) is 27.1. The minimum absolute atomic E-state index is 0.142. The lowest BCUT2D eigenvalue weighted by atomic mass is 9.93. The van der Waals surface area contributed by atoms with Gasteiger partial charge in [0, 0.05) is 37.4 Å². The van der Waals surface area contributed by atoms with Crippen LogP contribution in [-0.2, 0) is 10.0 Å². The van der Waals surface area contributed by atoms with Crippen molar-refractivity contribution in [2.75, 3.05) is 58.4 Å². The molecule has 0 bridgehead atoms. The summed E-state index contributed by atoms with van der Waals surface area (Å²) in [5, 5.41) is 21.4. The van der Waals surface area contributed by atoms with E-state index < -0.39 is 40.8 Å². The average Bonchev–Trinajstić information content (AvgIpc) is 3.54. The topological polar surface area (TPSA) is 126 Å². The molecule has 9 nitrogen and oxygen atoms in total. The number of carbonyl (C=O) groups is 1. The third kappa shape index (κ3) is 6.25. The highest BCUT2D eigenvalue weighted by molar-refractivity contribution is 7.92. The number of halogens is 2. The number of benzene rings is 2. The molecule has 39 heavy (non-hydrogen) atoms. The van der Waals surface area contributed by atoms with Gasteiger partial charge in [-0.25, -0.2) is 17.2 Å². The normalized spacial score (nSPS) is 19.5. The number of nitrogens with one attached hydrogen (secondary N) is 2. The number of carbonyl (C=O) groups excluding carboxylic acids is 1. The molecule has 2 heterocycles. The molecule has 208 valence electrons. The smallest absolute Gasteiger partial charge is 0.266 e. The zero-order valence-corrected chi connectivity index (χ0v) is 22.2. The molecule has 12 heteroatoms. The minimum atomic E-state index is -3.76. The molecule has 2 aromatic rings. The van der Waals surface area contributed by atoms with Crippen LogP contribution in [0.2, 0.25) is 0 Å². The van der Waals surface area contributed by atoms with E-state index in [0.29, 0.717) is 28.0 Å². The number of alkyl halides is 2. The first-order valence-corrected chi connectivity index (χ1v) is 14.7. The molecule has 1 spiro atoms. The molecule has 3 aliphatic rings. The number of rotatable bonds is 8. The largest absolute Gasteiger partial charge is 0.395 e. The molecule has 0 atom stereocenters. The fourth-order valence-corrected chi connectivity index (χ4v) is 6.21. The number of amides is 1. The van der Waals surface area contributed by atoms with Gasteiger partial charge in [-0.1, -0.05) is 0 Å². The van der Waals surface area contributed by atoms with Crippen molar-refractivity contribution in [2.45, 2.75) is 38.0 Å². The Kier molecular flexibility index (Phi) is 7.15. The number of piperidine rings is 1. The van der Waals surface area contributed by atoms with Crippen molar-refractivity contribution < 1.29 is 27.1 Å². The van der Waals surface area contributed by atoms with Crippen molar-refractivity contribution in [3.63, 3.8) is 0 Å². The van der Waals surface area contributed by atoms with Crippen molar-refractivity contribution >= 4 is 38.7 Å². The molecular formula is C27H31F2N5O4S. The van der Waals surface area contributed by atoms with Crippen LogP contribution in [0, 0.1) is 16.7 Å². The standard InChI is InChI=1S/C27H31F2N5O4S/c28-27(29)7-10-34(18-27)22-14-19(17-30)13-21(15-22)31-25(36)23-2-1-20(32-39(37,38)12-11-35)16-24(23)33-8-5-26(3-4-26)6-9-33/h1-2,13-16,32,35H,3-12,18H2,(H,31,36). The first-order valence-electron chi connectivity index (χ1n) is 13.0. The van der Waals surface area contributed by atoms with E-state index in [1.165, 1.54) is 35.9 Å². The van der Waals surface area contributed by atoms with E-state index in [-0.39, 0.29) is 24.2 Å². The summed E-state index contributed by atoms with van der Waals surface area (Å²) in [4.78, 5) is 17.1. The summed E-state index contributed by atoms with van der Waals surface area (Å²) in [6, 6.07) is 11.3. The lowest BCUT2D eigenvalue weighted by Gasteiger charge is -2.35. The van der Waals surface area contributed by atoms with E-state index in [1.54, 1.807) is 18.2 Å². The lowest BCUT2D eigenvalue weighted by Crippen LogP contribution is -2.35. The summed E-state index contributed by atoms with van der Waals surface area (Å²) in [5.41, 5.74) is 2.54. The predicted molar refractivity (Wildman–Crippen MR) is 145 cm³/mol. The van der Waals surface area contributed by atoms with E-state index in [0.717, 1.165) is 25.9 Å². The second-order valence-electron chi connectivity index (χ2n) is 10.7. The second kappa shape index (κ2) is 10.3. The Morgan fingerprint density at radius 3 is 2.33 bits per heavy atom. The van der Waals surface area contributed by atoms with Crippen LogP contribution in [0.15, 0.2) is 36.4 Å². The van der Waals surface area contributed by atoms with Gasteiger partial charge in [-0.2, -0.15) is 5.26 Å². The van der Waals surface area contributed by atoms with E-state index >= 15 is 0 Å². The van der Waals surface area contributed by atoms with Gasteiger partial charge < -0.3 is 20.2 Å². The maximum absolute atomic E-state index is 13.8. The number of hydrogen-bond donors (Lipinski definition) is 3. The van der Waals surface area contributed by atoms with Crippen LogP contribution in [-0.4, -0.2) is 63.9 Å². The van der Waals surface area contributed by atoms with Gasteiger partial charge in [0.25, 0.3) is 11.8 Å². The third-order valence-electron chi connectivity index (χ3n) is 7.84. The summed E-state index contributed by atoms with van der Waals surface area (Å²) in [5.74, 6) is -3.72. The van der Waals surface area contributed by atoms with Gasteiger partial charge in [0.1, 0.15) is 0 Å². The summed E-state index contributed by atoms with van der Waals surface area (Å²) >= 11 is 0. The van der Waals surface area contributed by atoms with E-state index in [4.69, 9.17) is 5.11 Å². The third-order valence-corrected chi connectivity index (χ3v) is 9.10. The Hall–Kier alpha value is -3.43. The number of anilines is 4. The van der Waals surface area contributed by atoms with Gasteiger partial charge in [0.2, 0.25) is 10.0 Å². The predicted octanol–water partition coefficient (Wildman–Crippen LogP) is 3.77. The molecule has 1 saturated carbocycles. The van der Waals surface area contributed by atoms with Gasteiger partial charge >= 0.3 is 0 Å². The molecule has 3 fully saturated rings. The Labute approximate surface area is 226 Å². The summed E-state index contributed by atoms with van der Waals surface area (Å²) in [6.07, 6.45) is 4.11. The number of nitrogens with zero attached hydrogens (tertiary/aromatic N) is 3. The van der Waals surface area contributed by atoms with E-state index in [1.807, 2.05) is 6.07 Å². The number of aliphatic hydroxyl groups is 1. The molecule has 5 rings (SSSR count). The minimum Gasteiger partial charge on any atom is -0.395 e. The number of sulfonamides is 1. The molecule has 3 N–H and O–H groups in total. The van der Waals surface area contributed by atoms with Crippen LogP contribution in [0.3, 0.4) is 0 Å². The molecular weight excluding hydrogens is 528 g/mol. The van der Waals surface area contributed by atoms with Crippen molar-refractivity contribution in [3.05, 3.63) is 47.5 Å². The Bertz CT molecular complexity index is 1410. The molecule has 2 aromatic carbocycles. The van der Waals surface area contributed by atoms with Crippen LogP contribution in [0.25, 0.3) is 0 Å². The fraction of sp³-hybridized carbons (Fsp3) is 0.481. The molecule has 1 amide bonds. The summed E-state index contributed by atoms with van der Waals surface area (Å²) < 4.78 is 54.6. The highest BCUT2D eigenvalue weighted by Crippen LogP contribution is 2.54. The summed E-state index contributed by atoms with van der Waals surface area (Å²) in [6.45, 7) is 0.622. The van der Waals surface area contributed by atoms with Crippen LogP contribution in [0.5, 0.6) is 0 Å². The van der Waals surface area contributed by atoms with Crippen molar-refractivity contribution in [2.24, 2.45) is 5.41 Å². The molecule has 2 aliphatic heterocycles. The summed E-state index contributed by atoms with van der Waals surface area (Å²) in [7, 11) is -3.76. The van der Waals surface area contributed by atoms with Gasteiger partial charge in [-0.05, 0) is 67.5 Å². The van der Waals surface area contributed by atoms with Gasteiger partial charge in [-0.15, -0.1) is 0 Å². The van der Waals surface area contributed by atoms with Crippen LogP contribution >= 0.6 is 0 Å². The van der Waals surface area contributed by atoms with Crippen LogP contribution in [0.1, 0.15) is 48.0 Å². The van der Waals surface area contributed by atoms with E-state index in [9.17, 15) is 27.3 Å². The second-order valence-corrected chi connectivity index (χ2v) is 12.6. The van der Waals surface area contributed by atoms with Gasteiger partial charge in [-0.3, -0.25) is 9.52 Å². The zero-order chi connectivity index (χ0) is 27.8. The van der Waals surface area contributed by atoms with Crippen molar-refractivity contribution in [3.8, 4) is 6.07 Å². The highest BCUT2D eigenvalue weighted by Gasteiger charge is 2.44. The Balaban J connectivity index is 1.42. The quantitative estimate of drug-likeness (QED) is 0.450. The highest BCUT2D eigenvalue weighted by atomic mass is 32.2. The number of aliphatic hydroxyl groups excluding tert-OH is 1. The SMILES string of the molecule is N#Cc1cc(NC(=O)c2ccc(NS(=O)(=O)CCO)cc2N2CCC3(CC2)CC3)cc(N2CCC(F)(F)C2)c1. The maximum Gasteiger partial charge on any atom is 0.266 e. The maximum atomic E-state index is 13.8. The van der Waals surface area contributed by atoms with Gasteiger partial charge in [0.05, 0.1) is 47.5 Å². The molecule has 0 unspecified atom stereocenters.